The van der Waals surface area contributed by atoms with Crippen LogP contribution in [0.25, 0.3) is 5.69 Å². The van der Waals surface area contributed by atoms with Gasteiger partial charge in [-0.1, -0.05) is 18.2 Å². The number of aliphatic hydroxyl groups is 1. The van der Waals surface area contributed by atoms with Crippen molar-refractivity contribution in [3.63, 3.8) is 0 Å². The van der Waals surface area contributed by atoms with Crippen molar-refractivity contribution in [3.8, 4) is 5.69 Å². The average molecular weight is 301 g/mol. The Morgan fingerprint density at radius 1 is 1.32 bits per heavy atom. The number of aromatic nitrogens is 2. The highest BCUT2D eigenvalue weighted by molar-refractivity contribution is 5.95. The summed E-state index contributed by atoms with van der Waals surface area (Å²) in [4.78, 5) is 14.3. The molecule has 0 saturated carbocycles. The minimum Gasteiger partial charge on any atom is -0.389 e. The van der Waals surface area contributed by atoms with Gasteiger partial charge in [0.05, 0.1) is 28.7 Å². The van der Waals surface area contributed by atoms with Crippen LogP contribution in [0.1, 0.15) is 36.8 Å². The SMILES string of the molecule is CCN(CC(C)(C)O)C(=O)c1cnn(-c2ccccc2)c1C. The van der Waals surface area contributed by atoms with Crippen LogP contribution in [0, 0.1) is 6.92 Å². The highest BCUT2D eigenvalue weighted by atomic mass is 16.3. The molecule has 1 aromatic heterocycles. The van der Waals surface area contributed by atoms with Crippen LogP contribution in [0.15, 0.2) is 36.5 Å². The lowest BCUT2D eigenvalue weighted by molar-refractivity contribution is 0.0314. The molecule has 0 spiro atoms. The molecule has 1 heterocycles. The molecule has 118 valence electrons. The molecule has 2 rings (SSSR count). The van der Waals surface area contributed by atoms with Gasteiger partial charge in [0.1, 0.15) is 0 Å². The molecule has 1 amide bonds. The molecule has 2 aromatic rings. The lowest BCUT2D eigenvalue weighted by atomic mass is 10.1. The summed E-state index contributed by atoms with van der Waals surface area (Å²) in [7, 11) is 0. The first-order chi connectivity index (χ1) is 10.3. The van der Waals surface area contributed by atoms with Crippen molar-refractivity contribution >= 4 is 5.91 Å². The van der Waals surface area contributed by atoms with Gasteiger partial charge in [0.25, 0.3) is 5.91 Å². The predicted octanol–water partition coefficient (Wildman–Crippen LogP) is 2.41. The van der Waals surface area contributed by atoms with E-state index in [0.29, 0.717) is 12.1 Å². The third kappa shape index (κ3) is 3.54. The van der Waals surface area contributed by atoms with E-state index >= 15 is 0 Å². The molecule has 0 saturated heterocycles. The number of hydrogen-bond donors (Lipinski definition) is 1. The van der Waals surface area contributed by atoms with Crippen molar-refractivity contribution in [3.05, 3.63) is 47.8 Å². The van der Waals surface area contributed by atoms with Crippen molar-refractivity contribution < 1.29 is 9.90 Å². The second kappa shape index (κ2) is 6.32. The van der Waals surface area contributed by atoms with Crippen molar-refractivity contribution in [1.29, 1.82) is 0 Å². The first-order valence-electron chi connectivity index (χ1n) is 7.45. The second-order valence-corrected chi connectivity index (χ2v) is 6.02. The fraction of sp³-hybridized carbons (Fsp3) is 0.412. The predicted molar refractivity (Wildman–Crippen MR) is 86.2 cm³/mol. The van der Waals surface area contributed by atoms with Gasteiger partial charge < -0.3 is 10.0 Å². The van der Waals surface area contributed by atoms with E-state index in [2.05, 4.69) is 5.10 Å². The van der Waals surface area contributed by atoms with Crippen LogP contribution in [0.2, 0.25) is 0 Å². The van der Waals surface area contributed by atoms with E-state index in [4.69, 9.17) is 0 Å². The number of rotatable bonds is 5. The fourth-order valence-electron chi connectivity index (χ4n) is 2.41. The maximum absolute atomic E-state index is 12.7. The third-order valence-corrected chi connectivity index (χ3v) is 3.49. The molecule has 5 heteroatoms. The Morgan fingerprint density at radius 2 is 1.95 bits per heavy atom. The maximum Gasteiger partial charge on any atom is 0.257 e. The van der Waals surface area contributed by atoms with Crippen molar-refractivity contribution in [1.82, 2.24) is 14.7 Å². The first kappa shape index (κ1) is 16.2. The van der Waals surface area contributed by atoms with Crippen LogP contribution in [0.4, 0.5) is 0 Å². The molecule has 0 radical (unpaired) electrons. The van der Waals surface area contributed by atoms with E-state index in [9.17, 15) is 9.90 Å². The van der Waals surface area contributed by atoms with Crippen molar-refractivity contribution in [2.45, 2.75) is 33.3 Å². The molecular formula is C17H23N3O2. The van der Waals surface area contributed by atoms with Gasteiger partial charge in [-0.15, -0.1) is 0 Å². The standard InChI is InChI=1S/C17H23N3O2/c1-5-19(12-17(3,4)22)16(21)15-11-18-20(13(15)2)14-9-7-6-8-10-14/h6-11,22H,5,12H2,1-4H3. The Kier molecular flexibility index (Phi) is 4.66. The van der Waals surface area contributed by atoms with Crippen molar-refractivity contribution in [2.24, 2.45) is 0 Å². The Morgan fingerprint density at radius 3 is 2.50 bits per heavy atom. The van der Waals surface area contributed by atoms with Gasteiger partial charge in [-0.2, -0.15) is 5.10 Å². The van der Waals surface area contributed by atoms with E-state index in [1.165, 1.54) is 0 Å². The first-order valence-corrected chi connectivity index (χ1v) is 7.45. The van der Waals surface area contributed by atoms with Gasteiger partial charge in [-0.3, -0.25) is 4.79 Å². The molecule has 0 aliphatic carbocycles. The number of amides is 1. The minimum atomic E-state index is -0.922. The largest absolute Gasteiger partial charge is 0.389 e. The molecule has 0 aliphatic rings. The summed E-state index contributed by atoms with van der Waals surface area (Å²) in [5, 5.41) is 14.3. The van der Waals surface area contributed by atoms with Gasteiger partial charge >= 0.3 is 0 Å². The molecule has 1 aromatic carbocycles. The monoisotopic (exact) mass is 301 g/mol. The summed E-state index contributed by atoms with van der Waals surface area (Å²) < 4.78 is 1.76. The normalized spacial score (nSPS) is 11.5. The number of carbonyl (C=O) groups excluding carboxylic acids is 1. The molecular weight excluding hydrogens is 278 g/mol. The zero-order chi connectivity index (χ0) is 16.3. The maximum atomic E-state index is 12.7. The quantitative estimate of drug-likeness (QED) is 0.922. The van der Waals surface area contributed by atoms with Gasteiger partial charge in [0.2, 0.25) is 0 Å². The summed E-state index contributed by atoms with van der Waals surface area (Å²) >= 11 is 0. The summed E-state index contributed by atoms with van der Waals surface area (Å²) in [6.07, 6.45) is 1.59. The molecule has 0 atom stereocenters. The lowest BCUT2D eigenvalue weighted by Crippen LogP contribution is -2.42. The van der Waals surface area contributed by atoms with Crippen LogP contribution in [-0.2, 0) is 0 Å². The Bertz CT molecular complexity index is 642. The molecule has 1 N–H and O–H groups in total. The second-order valence-electron chi connectivity index (χ2n) is 6.02. The van der Waals surface area contributed by atoms with Crippen LogP contribution in [0.3, 0.4) is 0 Å². The zero-order valence-corrected chi connectivity index (χ0v) is 13.6. The number of hydrogen-bond acceptors (Lipinski definition) is 3. The zero-order valence-electron chi connectivity index (χ0n) is 13.6. The van der Waals surface area contributed by atoms with Gasteiger partial charge in [-0.05, 0) is 39.8 Å². The fourth-order valence-corrected chi connectivity index (χ4v) is 2.41. The highest BCUT2D eigenvalue weighted by Gasteiger charge is 2.25. The number of carbonyl (C=O) groups is 1. The minimum absolute atomic E-state index is 0.107. The van der Waals surface area contributed by atoms with Crippen LogP contribution >= 0.6 is 0 Å². The van der Waals surface area contributed by atoms with Gasteiger partial charge in [-0.25, -0.2) is 4.68 Å². The smallest absolute Gasteiger partial charge is 0.257 e. The number of likely N-dealkylation sites (N-methyl/N-ethyl adjacent to an activating group) is 1. The molecule has 22 heavy (non-hydrogen) atoms. The van der Waals surface area contributed by atoms with Crippen LogP contribution in [0.5, 0.6) is 0 Å². The summed E-state index contributed by atoms with van der Waals surface area (Å²) in [5.41, 5.74) is 1.36. The van der Waals surface area contributed by atoms with Crippen LogP contribution in [-0.4, -0.2) is 44.4 Å². The summed E-state index contributed by atoms with van der Waals surface area (Å²) in [6.45, 7) is 8.01. The lowest BCUT2D eigenvalue weighted by Gasteiger charge is -2.28. The Labute approximate surface area is 131 Å². The van der Waals surface area contributed by atoms with Crippen molar-refractivity contribution in [2.75, 3.05) is 13.1 Å². The third-order valence-electron chi connectivity index (χ3n) is 3.49. The summed E-state index contributed by atoms with van der Waals surface area (Å²) in [6, 6.07) is 9.71. The molecule has 5 nitrogen and oxygen atoms in total. The molecule has 0 aliphatic heterocycles. The van der Waals surface area contributed by atoms with E-state index in [1.807, 2.05) is 44.2 Å². The number of nitrogens with zero attached hydrogens (tertiary/aromatic N) is 3. The number of para-hydroxylation sites is 1. The van der Waals surface area contributed by atoms with Gasteiger partial charge in [0.15, 0.2) is 0 Å². The van der Waals surface area contributed by atoms with Gasteiger partial charge in [0, 0.05) is 13.1 Å². The molecule has 0 bridgehead atoms. The van der Waals surface area contributed by atoms with Crippen LogP contribution < -0.4 is 0 Å². The Balaban J connectivity index is 2.30. The van der Waals surface area contributed by atoms with E-state index in [0.717, 1.165) is 11.4 Å². The van der Waals surface area contributed by atoms with E-state index < -0.39 is 5.60 Å². The number of benzene rings is 1. The molecule has 0 unspecified atom stereocenters. The average Bonchev–Trinajstić information content (AvgIpc) is 2.85. The highest BCUT2D eigenvalue weighted by Crippen LogP contribution is 2.17. The molecule has 0 fully saturated rings. The van der Waals surface area contributed by atoms with E-state index in [-0.39, 0.29) is 12.5 Å². The van der Waals surface area contributed by atoms with E-state index in [1.54, 1.807) is 29.6 Å². The topological polar surface area (TPSA) is 58.4 Å². The Hall–Kier alpha value is -2.14. The summed E-state index contributed by atoms with van der Waals surface area (Å²) in [5.74, 6) is -0.107.